The zero-order chi connectivity index (χ0) is 17.2. The lowest BCUT2D eigenvalue weighted by atomic mass is 10.1. The summed E-state index contributed by atoms with van der Waals surface area (Å²) in [6.07, 6.45) is 3.25. The summed E-state index contributed by atoms with van der Waals surface area (Å²) in [7, 11) is 0. The van der Waals surface area contributed by atoms with Crippen LogP contribution in [0.5, 0.6) is 5.88 Å². The first kappa shape index (κ1) is 15.8. The minimum atomic E-state index is 0.107. The molecule has 4 rings (SSSR count). The van der Waals surface area contributed by atoms with Crippen molar-refractivity contribution in [1.82, 2.24) is 4.57 Å². The van der Waals surface area contributed by atoms with E-state index in [0.717, 1.165) is 16.8 Å². The van der Waals surface area contributed by atoms with E-state index in [1.165, 1.54) is 16.7 Å². The lowest BCUT2D eigenvalue weighted by molar-refractivity contribution is 0.407. The van der Waals surface area contributed by atoms with E-state index in [2.05, 4.69) is 17.1 Å². The van der Waals surface area contributed by atoms with Gasteiger partial charge in [-0.2, -0.15) is 0 Å². The first-order valence-electron chi connectivity index (χ1n) is 7.68. The maximum atomic E-state index is 10.4. The third-order valence-electron chi connectivity index (χ3n) is 3.85. The SMILES string of the molecule is Oc1c(C=Nc2ccc3ccccc3c2)sc(=S)n1Cc1ccco1. The van der Waals surface area contributed by atoms with Crippen molar-refractivity contribution in [1.29, 1.82) is 0 Å². The number of benzene rings is 2. The van der Waals surface area contributed by atoms with Gasteiger partial charge in [-0.15, -0.1) is 0 Å². The Morgan fingerprint density at radius 1 is 1.12 bits per heavy atom. The van der Waals surface area contributed by atoms with Gasteiger partial charge >= 0.3 is 0 Å². The van der Waals surface area contributed by atoms with Gasteiger partial charge in [-0.1, -0.05) is 41.7 Å². The second-order valence-corrected chi connectivity index (χ2v) is 7.19. The molecule has 2 aromatic carbocycles. The normalized spacial score (nSPS) is 11.5. The Kier molecular flexibility index (Phi) is 4.21. The number of aromatic nitrogens is 1. The van der Waals surface area contributed by atoms with Crippen molar-refractivity contribution in [3.63, 3.8) is 0 Å². The number of rotatable bonds is 4. The lowest BCUT2D eigenvalue weighted by Crippen LogP contribution is -1.97. The maximum Gasteiger partial charge on any atom is 0.212 e. The summed E-state index contributed by atoms with van der Waals surface area (Å²) in [6, 6.07) is 17.8. The van der Waals surface area contributed by atoms with E-state index in [9.17, 15) is 5.11 Å². The predicted molar refractivity (Wildman–Crippen MR) is 104 cm³/mol. The molecule has 0 saturated carbocycles. The number of hydrogen-bond donors (Lipinski definition) is 1. The first-order chi connectivity index (χ1) is 12.2. The number of aromatic hydroxyl groups is 1. The fourth-order valence-corrected chi connectivity index (χ4v) is 3.76. The van der Waals surface area contributed by atoms with Gasteiger partial charge in [-0.3, -0.25) is 9.56 Å². The van der Waals surface area contributed by atoms with Crippen LogP contribution in [0.15, 0.2) is 70.3 Å². The first-order valence-corrected chi connectivity index (χ1v) is 8.91. The van der Waals surface area contributed by atoms with Crippen molar-refractivity contribution in [3.05, 3.63) is 75.5 Å². The van der Waals surface area contributed by atoms with Gasteiger partial charge in [0.1, 0.15) is 10.6 Å². The molecule has 0 atom stereocenters. The van der Waals surface area contributed by atoms with Gasteiger partial charge in [0.25, 0.3) is 0 Å². The van der Waals surface area contributed by atoms with E-state index in [0.29, 0.717) is 15.4 Å². The molecule has 0 radical (unpaired) electrons. The molecule has 0 unspecified atom stereocenters. The van der Waals surface area contributed by atoms with E-state index < -0.39 is 0 Å². The summed E-state index contributed by atoms with van der Waals surface area (Å²) in [6.45, 7) is 0.401. The molecule has 25 heavy (non-hydrogen) atoms. The largest absolute Gasteiger partial charge is 0.493 e. The second kappa shape index (κ2) is 6.66. The van der Waals surface area contributed by atoms with E-state index in [1.807, 2.05) is 42.5 Å². The van der Waals surface area contributed by atoms with Crippen molar-refractivity contribution in [2.75, 3.05) is 0 Å². The Balaban J connectivity index is 1.63. The third-order valence-corrected chi connectivity index (χ3v) is 5.22. The van der Waals surface area contributed by atoms with Crippen molar-refractivity contribution < 1.29 is 9.52 Å². The van der Waals surface area contributed by atoms with Gasteiger partial charge in [0.2, 0.25) is 5.88 Å². The Labute approximate surface area is 153 Å². The number of fused-ring (bicyclic) bond motifs is 1. The van der Waals surface area contributed by atoms with Crippen LogP contribution in [0.25, 0.3) is 10.8 Å². The zero-order valence-electron chi connectivity index (χ0n) is 13.1. The molecule has 0 spiro atoms. The van der Waals surface area contributed by atoms with E-state index in [1.54, 1.807) is 17.0 Å². The van der Waals surface area contributed by atoms with Crippen LogP contribution in [0.1, 0.15) is 10.6 Å². The van der Waals surface area contributed by atoms with Crippen LogP contribution in [-0.2, 0) is 6.54 Å². The van der Waals surface area contributed by atoms with Gasteiger partial charge in [0, 0.05) is 0 Å². The lowest BCUT2D eigenvalue weighted by Gasteiger charge is -2.01. The maximum absolute atomic E-state index is 10.4. The highest BCUT2D eigenvalue weighted by Crippen LogP contribution is 2.27. The molecule has 6 heteroatoms. The van der Waals surface area contributed by atoms with E-state index in [4.69, 9.17) is 16.6 Å². The summed E-state index contributed by atoms with van der Waals surface area (Å²) in [5.74, 6) is 0.846. The molecule has 124 valence electrons. The average molecular weight is 366 g/mol. The molecule has 4 aromatic rings. The molecule has 0 aliphatic rings. The Morgan fingerprint density at radius 2 is 1.96 bits per heavy atom. The molecule has 4 nitrogen and oxygen atoms in total. The minimum Gasteiger partial charge on any atom is -0.493 e. The molecule has 0 fully saturated rings. The van der Waals surface area contributed by atoms with Crippen molar-refractivity contribution >= 4 is 46.2 Å². The predicted octanol–water partition coefficient (Wildman–Crippen LogP) is 5.53. The van der Waals surface area contributed by atoms with Crippen LogP contribution in [-0.4, -0.2) is 15.9 Å². The fraction of sp³-hybridized carbons (Fsp3) is 0.0526. The van der Waals surface area contributed by atoms with Crippen molar-refractivity contribution in [3.8, 4) is 5.88 Å². The van der Waals surface area contributed by atoms with Gasteiger partial charge in [0.15, 0.2) is 3.95 Å². The molecule has 0 aliphatic heterocycles. The average Bonchev–Trinajstić information content (AvgIpc) is 3.24. The number of hydrogen-bond acceptors (Lipinski definition) is 5. The highest BCUT2D eigenvalue weighted by Gasteiger charge is 2.11. The second-order valence-electron chi connectivity index (χ2n) is 5.51. The van der Waals surface area contributed by atoms with Gasteiger partial charge in [-0.25, -0.2) is 0 Å². The van der Waals surface area contributed by atoms with Crippen LogP contribution >= 0.6 is 23.6 Å². The molecule has 0 saturated heterocycles. The highest BCUT2D eigenvalue weighted by molar-refractivity contribution is 7.73. The van der Waals surface area contributed by atoms with Crippen LogP contribution in [0.3, 0.4) is 0 Å². The monoisotopic (exact) mass is 366 g/mol. The fourth-order valence-electron chi connectivity index (χ4n) is 2.59. The molecule has 2 aromatic heterocycles. The molecule has 0 aliphatic carbocycles. The summed E-state index contributed by atoms with van der Waals surface area (Å²) in [5.41, 5.74) is 0.829. The van der Waals surface area contributed by atoms with Gasteiger partial charge < -0.3 is 9.52 Å². The van der Waals surface area contributed by atoms with Crippen LogP contribution in [0, 0.1) is 3.95 Å². The standard InChI is InChI=1S/C19H14N2O2S2/c22-18-17(25-19(24)21(18)12-16-6-3-9-23-16)11-20-15-8-7-13-4-1-2-5-14(13)10-15/h1-11,22H,12H2. The smallest absolute Gasteiger partial charge is 0.212 e. The number of thiazole rings is 1. The van der Waals surface area contributed by atoms with Gasteiger partial charge in [-0.05, 0) is 47.3 Å². The van der Waals surface area contributed by atoms with Crippen LogP contribution in [0.4, 0.5) is 5.69 Å². The van der Waals surface area contributed by atoms with Crippen LogP contribution < -0.4 is 0 Å². The van der Waals surface area contributed by atoms with Crippen LogP contribution in [0.2, 0.25) is 0 Å². The summed E-state index contributed by atoms with van der Waals surface area (Å²) >= 11 is 6.67. The molecule has 0 amide bonds. The van der Waals surface area contributed by atoms with E-state index >= 15 is 0 Å². The van der Waals surface area contributed by atoms with Crippen molar-refractivity contribution in [2.24, 2.45) is 4.99 Å². The number of nitrogens with zero attached hydrogens (tertiary/aromatic N) is 2. The summed E-state index contributed by atoms with van der Waals surface area (Å²) in [5, 5.41) is 12.7. The topological polar surface area (TPSA) is 50.7 Å². The Hall–Kier alpha value is -2.70. The number of aliphatic imine (C=N–C) groups is 1. The molecular weight excluding hydrogens is 352 g/mol. The quantitative estimate of drug-likeness (QED) is 0.382. The van der Waals surface area contributed by atoms with E-state index in [-0.39, 0.29) is 5.88 Å². The molecule has 2 heterocycles. The Morgan fingerprint density at radius 3 is 2.76 bits per heavy atom. The van der Waals surface area contributed by atoms with Gasteiger partial charge in [0.05, 0.1) is 24.7 Å². The summed E-state index contributed by atoms with van der Waals surface area (Å²) < 4.78 is 7.54. The zero-order valence-corrected chi connectivity index (χ0v) is 14.8. The minimum absolute atomic E-state index is 0.107. The molecular formula is C19H14N2O2S2. The third kappa shape index (κ3) is 3.26. The Bertz CT molecular complexity index is 1110. The molecule has 1 N–H and O–H groups in total. The number of furan rings is 1. The highest BCUT2D eigenvalue weighted by atomic mass is 32.1. The summed E-state index contributed by atoms with van der Waals surface area (Å²) in [4.78, 5) is 5.11. The van der Waals surface area contributed by atoms with Crippen molar-refractivity contribution in [2.45, 2.75) is 6.54 Å². The molecule has 0 bridgehead atoms.